The number of benzene rings is 2. The maximum Gasteiger partial charge on any atom is 0.279 e. The number of piperazine rings is 1. The van der Waals surface area contributed by atoms with Crippen molar-refractivity contribution in [3.8, 4) is 6.07 Å². The van der Waals surface area contributed by atoms with Gasteiger partial charge in [-0.2, -0.15) is 5.26 Å². The number of rotatable bonds is 5. The van der Waals surface area contributed by atoms with Crippen LogP contribution in [0.3, 0.4) is 0 Å². The fourth-order valence-electron chi connectivity index (χ4n) is 3.15. The minimum Gasteiger partial charge on any atom is -0.328 e. The highest BCUT2D eigenvalue weighted by Gasteiger charge is 2.24. The summed E-state index contributed by atoms with van der Waals surface area (Å²) in [6.07, 6.45) is 3.30. The molecule has 2 aromatic carbocycles. The molecule has 1 saturated heterocycles. The highest BCUT2D eigenvalue weighted by Crippen LogP contribution is 2.19. The number of halogens is 1. The Morgan fingerprint density at radius 1 is 1.14 bits per heavy atom. The van der Waals surface area contributed by atoms with Crippen molar-refractivity contribution < 1.29 is 14.5 Å². The molecule has 1 fully saturated rings. The molecule has 0 spiro atoms. The molecule has 0 saturated carbocycles. The van der Waals surface area contributed by atoms with Crippen LogP contribution in [0, 0.1) is 11.3 Å². The molecular formula is C22H22ClN4O2+. The highest BCUT2D eigenvalue weighted by atomic mass is 35.5. The number of anilines is 1. The second-order valence-electron chi connectivity index (χ2n) is 6.85. The number of hydrogen-bond acceptors (Lipinski definition) is 3. The van der Waals surface area contributed by atoms with E-state index < -0.39 is 0 Å². The maximum atomic E-state index is 12.4. The molecule has 2 aromatic rings. The van der Waals surface area contributed by atoms with E-state index in [2.05, 4.69) is 11.4 Å². The number of quaternary nitrogens is 1. The lowest BCUT2D eigenvalue weighted by molar-refractivity contribution is -0.895. The van der Waals surface area contributed by atoms with Crippen molar-refractivity contribution >= 4 is 35.2 Å². The summed E-state index contributed by atoms with van der Waals surface area (Å²) in [5.74, 6) is -0.137. The van der Waals surface area contributed by atoms with Crippen molar-refractivity contribution in [1.29, 1.82) is 5.26 Å². The first kappa shape index (κ1) is 20.6. The van der Waals surface area contributed by atoms with E-state index in [1.54, 1.807) is 41.3 Å². The van der Waals surface area contributed by atoms with Crippen LogP contribution in [0.15, 0.2) is 54.6 Å². The molecule has 2 N–H and O–H groups in total. The summed E-state index contributed by atoms with van der Waals surface area (Å²) >= 11 is 6.07. The molecule has 0 atom stereocenters. The van der Waals surface area contributed by atoms with Crippen molar-refractivity contribution in [2.75, 3.05) is 38.0 Å². The minimum atomic E-state index is -0.0893. The quantitative estimate of drug-likeness (QED) is 0.736. The molecule has 0 radical (unpaired) electrons. The van der Waals surface area contributed by atoms with Crippen LogP contribution < -0.4 is 10.2 Å². The normalized spacial score (nSPS) is 14.6. The van der Waals surface area contributed by atoms with E-state index in [9.17, 15) is 9.59 Å². The molecule has 2 amide bonds. The van der Waals surface area contributed by atoms with Crippen LogP contribution in [0.4, 0.5) is 5.69 Å². The van der Waals surface area contributed by atoms with Crippen LogP contribution in [0.2, 0.25) is 5.02 Å². The Morgan fingerprint density at radius 3 is 2.48 bits per heavy atom. The second-order valence-corrected chi connectivity index (χ2v) is 7.25. The van der Waals surface area contributed by atoms with Crippen LogP contribution in [-0.4, -0.2) is 49.4 Å². The van der Waals surface area contributed by atoms with Gasteiger partial charge in [0.15, 0.2) is 6.54 Å². The molecule has 6 nitrogen and oxygen atoms in total. The van der Waals surface area contributed by atoms with Gasteiger partial charge in [0.2, 0.25) is 5.91 Å². The van der Waals surface area contributed by atoms with Crippen LogP contribution in [0.25, 0.3) is 6.08 Å². The third-order valence-corrected chi connectivity index (χ3v) is 5.13. The van der Waals surface area contributed by atoms with Gasteiger partial charge in [-0.1, -0.05) is 35.9 Å². The summed E-state index contributed by atoms with van der Waals surface area (Å²) in [5.41, 5.74) is 2.07. The Labute approximate surface area is 175 Å². The van der Waals surface area contributed by atoms with Crippen molar-refractivity contribution in [1.82, 2.24) is 4.90 Å². The first-order chi connectivity index (χ1) is 14.0. The van der Waals surface area contributed by atoms with E-state index in [0.29, 0.717) is 49.0 Å². The summed E-state index contributed by atoms with van der Waals surface area (Å²) in [6, 6.07) is 16.3. The standard InChI is InChI=1S/C22H21ClN4O2/c23-19-3-1-2-4-20(19)25-21(28)16-26-11-13-27(14-12-26)22(29)10-9-17-5-7-18(15-24)8-6-17/h1-10H,11-14,16H2,(H,25,28)/p+1/b10-9+. The summed E-state index contributed by atoms with van der Waals surface area (Å²) in [7, 11) is 0. The number of hydrogen-bond donors (Lipinski definition) is 2. The lowest BCUT2D eigenvalue weighted by Crippen LogP contribution is -3.15. The molecule has 0 aliphatic carbocycles. The van der Waals surface area contributed by atoms with Gasteiger partial charge in [-0.3, -0.25) is 9.59 Å². The van der Waals surface area contributed by atoms with Gasteiger partial charge >= 0.3 is 0 Å². The predicted octanol–water partition coefficient (Wildman–Crippen LogP) is 1.59. The summed E-state index contributed by atoms with van der Waals surface area (Å²) in [5, 5.41) is 12.2. The third kappa shape index (κ3) is 5.92. The number of nitriles is 1. The van der Waals surface area contributed by atoms with Crippen molar-refractivity contribution in [3.05, 3.63) is 70.8 Å². The first-order valence-corrected chi connectivity index (χ1v) is 9.78. The molecule has 1 heterocycles. The second kappa shape index (κ2) is 9.87. The smallest absolute Gasteiger partial charge is 0.279 e. The molecule has 0 unspecified atom stereocenters. The Hall–Kier alpha value is -3.14. The number of nitrogens with zero attached hydrogens (tertiary/aromatic N) is 2. The number of nitrogens with one attached hydrogen (secondary N) is 2. The van der Waals surface area contributed by atoms with Gasteiger partial charge in [0.25, 0.3) is 5.91 Å². The van der Waals surface area contributed by atoms with Crippen LogP contribution in [0.1, 0.15) is 11.1 Å². The summed E-state index contributed by atoms with van der Waals surface area (Å²) in [6.45, 7) is 2.98. The van der Waals surface area contributed by atoms with Gasteiger partial charge < -0.3 is 15.1 Å². The monoisotopic (exact) mass is 409 g/mol. The maximum absolute atomic E-state index is 12.4. The van der Waals surface area contributed by atoms with Gasteiger partial charge in [-0.15, -0.1) is 0 Å². The summed E-state index contributed by atoms with van der Waals surface area (Å²) in [4.78, 5) is 27.6. The number of para-hydroxylation sites is 1. The van der Waals surface area contributed by atoms with E-state index in [1.165, 1.54) is 0 Å². The van der Waals surface area contributed by atoms with Crippen LogP contribution in [-0.2, 0) is 9.59 Å². The lowest BCUT2D eigenvalue weighted by atomic mass is 10.1. The minimum absolute atomic E-state index is 0.0473. The van der Waals surface area contributed by atoms with Crippen LogP contribution >= 0.6 is 11.6 Å². The van der Waals surface area contributed by atoms with Gasteiger partial charge in [0.05, 0.1) is 48.5 Å². The highest BCUT2D eigenvalue weighted by molar-refractivity contribution is 6.33. The van der Waals surface area contributed by atoms with E-state index in [4.69, 9.17) is 16.9 Å². The van der Waals surface area contributed by atoms with Gasteiger partial charge in [-0.25, -0.2) is 0 Å². The zero-order chi connectivity index (χ0) is 20.6. The molecule has 1 aliphatic rings. The largest absolute Gasteiger partial charge is 0.328 e. The van der Waals surface area contributed by atoms with E-state index in [1.807, 2.05) is 24.3 Å². The fraction of sp³-hybridized carbons (Fsp3) is 0.227. The zero-order valence-corrected chi connectivity index (χ0v) is 16.7. The Bertz CT molecular complexity index is 942. The number of carbonyl (C=O) groups excluding carboxylic acids is 2. The molecule has 0 aromatic heterocycles. The summed E-state index contributed by atoms with van der Waals surface area (Å²) < 4.78 is 0. The third-order valence-electron chi connectivity index (χ3n) is 4.80. The lowest BCUT2D eigenvalue weighted by Gasteiger charge is -2.31. The van der Waals surface area contributed by atoms with E-state index in [0.717, 1.165) is 10.5 Å². The molecule has 148 valence electrons. The molecule has 7 heteroatoms. The topological polar surface area (TPSA) is 77.6 Å². The van der Waals surface area contributed by atoms with Gasteiger partial charge in [0, 0.05) is 6.08 Å². The Kier molecular flexibility index (Phi) is 7.01. The van der Waals surface area contributed by atoms with Crippen LogP contribution in [0.5, 0.6) is 0 Å². The SMILES string of the molecule is N#Cc1ccc(/C=C/C(=O)N2CC[NH+](CC(=O)Nc3ccccc3Cl)CC2)cc1. The van der Waals surface area contributed by atoms with Gasteiger partial charge in [0.1, 0.15) is 0 Å². The number of amides is 2. The van der Waals surface area contributed by atoms with Crippen molar-refractivity contribution in [2.45, 2.75) is 0 Å². The predicted molar refractivity (Wildman–Crippen MR) is 112 cm³/mol. The van der Waals surface area contributed by atoms with Crippen molar-refractivity contribution in [2.24, 2.45) is 0 Å². The van der Waals surface area contributed by atoms with Gasteiger partial charge in [-0.05, 0) is 35.9 Å². The fourth-order valence-corrected chi connectivity index (χ4v) is 3.33. The molecule has 3 rings (SSSR count). The average molecular weight is 410 g/mol. The molecule has 1 aliphatic heterocycles. The molecular weight excluding hydrogens is 388 g/mol. The Morgan fingerprint density at radius 2 is 1.83 bits per heavy atom. The number of carbonyl (C=O) groups is 2. The Balaban J connectivity index is 1.45. The van der Waals surface area contributed by atoms with E-state index in [-0.39, 0.29) is 11.8 Å². The van der Waals surface area contributed by atoms with E-state index >= 15 is 0 Å². The molecule has 29 heavy (non-hydrogen) atoms. The first-order valence-electron chi connectivity index (χ1n) is 9.40. The zero-order valence-electron chi connectivity index (χ0n) is 15.9. The van der Waals surface area contributed by atoms with Crippen molar-refractivity contribution in [3.63, 3.8) is 0 Å². The molecule has 0 bridgehead atoms. The average Bonchev–Trinajstić information content (AvgIpc) is 2.74.